The third-order valence-corrected chi connectivity index (χ3v) is 4.55. The zero-order valence-corrected chi connectivity index (χ0v) is 8.67. The van der Waals surface area contributed by atoms with Crippen LogP contribution in [0.1, 0.15) is 19.3 Å². The molecule has 0 aromatic heterocycles. The number of benzene rings is 1. The molecule has 0 aliphatic carbocycles. The van der Waals surface area contributed by atoms with Gasteiger partial charge >= 0.3 is 0 Å². The lowest BCUT2D eigenvalue weighted by Crippen LogP contribution is -2.19. The Morgan fingerprint density at radius 2 is 1.50 bits per heavy atom. The van der Waals surface area contributed by atoms with Crippen molar-refractivity contribution in [2.45, 2.75) is 19.3 Å². The molecule has 0 N–H and O–H groups in total. The third-order valence-electron chi connectivity index (χ3n) is 2.29. The highest BCUT2D eigenvalue weighted by atomic mass is 31.1. The predicted molar refractivity (Wildman–Crippen MR) is 56.9 cm³/mol. The summed E-state index contributed by atoms with van der Waals surface area (Å²) in [5, 5.41) is 0.914. The topological polar surface area (TPSA) is 34.1 Å². The van der Waals surface area contributed by atoms with Gasteiger partial charge in [-0.1, -0.05) is 30.3 Å². The zero-order valence-electron chi connectivity index (χ0n) is 7.77. The summed E-state index contributed by atoms with van der Waals surface area (Å²) in [7, 11) is -1.17. The van der Waals surface area contributed by atoms with E-state index in [0.717, 1.165) is 11.7 Å². The average Bonchev–Trinajstić information content (AvgIpc) is 2.19. The maximum absolute atomic E-state index is 11.6. The van der Waals surface area contributed by atoms with Crippen molar-refractivity contribution in [3.8, 4) is 0 Å². The van der Waals surface area contributed by atoms with E-state index in [2.05, 4.69) is 0 Å². The van der Waals surface area contributed by atoms with Crippen molar-refractivity contribution in [2.75, 3.05) is 0 Å². The highest BCUT2D eigenvalue weighted by Gasteiger charge is 2.30. The number of carbonyl (C=O) groups excluding carboxylic acids is 2. The number of carbonyl (C=O) groups is 2. The molecule has 2 rings (SSSR count). The van der Waals surface area contributed by atoms with Gasteiger partial charge in [-0.05, 0) is 11.7 Å². The van der Waals surface area contributed by atoms with Crippen molar-refractivity contribution >= 4 is 24.3 Å². The molecule has 0 atom stereocenters. The molecule has 1 heterocycles. The first-order chi connectivity index (χ1) is 6.79. The molecule has 1 aromatic carbocycles. The molecule has 0 amide bonds. The van der Waals surface area contributed by atoms with Crippen LogP contribution in [0, 0.1) is 0 Å². The summed E-state index contributed by atoms with van der Waals surface area (Å²) >= 11 is 0. The molecule has 1 aromatic rings. The van der Waals surface area contributed by atoms with E-state index in [9.17, 15) is 9.59 Å². The summed E-state index contributed by atoms with van der Waals surface area (Å²) in [6.45, 7) is 0. The standard InChI is InChI=1S/C11H11O2P/c12-10-7-4-8-11(13)14(10)9-5-2-1-3-6-9/h1-3,5-6H,4,7-8H2. The first-order valence-electron chi connectivity index (χ1n) is 4.70. The second-order valence-corrected chi connectivity index (χ2v) is 5.50. The van der Waals surface area contributed by atoms with Crippen molar-refractivity contribution in [1.82, 2.24) is 0 Å². The fourth-order valence-electron chi connectivity index (χ4n) is 1.62. The molecule has 1 aliphatic heterocycles. The minimum atomic E-state index is -1.17. The quantitative estimate of drug-likeness (QED) is 0.659. The number of hydrogen-bond donors (Lipinski definition) is 0. The highest BCUT2D eigenvalue weighted by molar-refractivity contribution is 7.95. The minimum absolute atomic E-state index is 0.141. The van der Waals surface area contributed by atoms with Crippen LogP contribution >= 0.6 is 7.92 Å². The second kappa shape index (κ2) is 4.02. The molecule has 0 spiro atoms. The van der Waals surface area contributed by atoms with Crippen LogP contribution in [0.3, 0.4) is 0 Å². The van der Waals surface area contributed by atoms with Gasteiger partial charge in [0.15, 0.2) is 11.0 Å². The van der Waals surface area contributed by atoms with Gasteiger partial charge in [0.05, 0.1) is 7.92 Å². The molecule has 1 aliphatic rings. The lowest BCUT2D eigenvalue weighted by molar-refractivity contribution is -0.116. The van der Waals surface area contributed by atoms with Crippen LogP contribution in [0.15, 0.2) is 30.3 Å². The fourth-order valence-corrected chi connectivity index (χ4v) is 3.71. The van der Waals surface area contributed by atoms with Crippen LogP contribution < -0.4 is 5.30 Å². The molecule has 14 heavy (non-hydrogen) atoms. The zero-order chi connectivity index (χ0) is 9.97. The lowest BCUT2D eigenvalue weighted by atomic mass is 10.2. The summed E-state index contributed by atoms with van der Waals surface area (Å²) in [5.74, 6) is 0. The molecule has 72 valence electrons. The van der Waals surface area contributed by atoms with Gasteiger partial charge in [-0.2, -0.15) is 0 Å². The van der Waals surface area contributed by atoms with E-state index >= 15 is 0 Å². The molecular weight excluding hydrogens is 195 g/mol. The predicted octanol–water partition coefficient (Wildman–Crippen LogP) is 2.03. The summed E-state index contributed by atoms with van der Waals surface area (Å²) in [6.07, 6.45) is 1.89. The van der Waals surface area contributed by atoms with Gasteiger partial charge in [0, 0.05) is 12.8 Å². The Morgan fingerprint density at radius 1 is 0.929 bits per heavy atom. The molecule has 0 radical (unpaired) electrons. The van der Waals surface area contributed by atoms with Crippen LogP contribution in [-0.2, 0) is 9.59 Å². The fraction of sp³-hybridized carbons (Fsp3) is 0.273. The third kappa shape index (κ3) is 1.76. The summed E-state index contributed by atoms with van der Waals surface area (Å²) in [4.78, 5) is 23.2. The SMILES string of the molecule is O=C1CCCC(=O)P1c1ccccc1. The Balaban J connectivity index is 2.32. The Labute approximate surface area is 84.1 Å². The second-order valence-electron chi connectivity index (χ2n) is 3.31. The summed E-state index contributed by atoms with van der Waals surface area (Å²) in [6, 6.07) is 9.43. The smallest absolute Gasteiger partial charge is 0.166 e. The van der Waals surface area contributed by atoms with E-state index in [1.165, 1.54) is 0 Å². The first kappa shape index (κ1) is 9.54. The maximum atomic E-state index is 11.6. The normalized spacial score (nSPS) is 18.6. The molecular formula is C11H11O2P. The van der Waals surface area contributed by atoms with E-state index in [1.807, 2.05) is 30.3 Å². The summed E-state index contributed by atoms with van der Waals surface area (Å²) < 4.78 is 0. The Morgan fingerprint density at radius 3 is 2.07 bits per heavy atom. The van der Waals surface area contributed by atoms with Crippen molar-refractivity contribution in [2.24, 2.45) is 0 Å². The molecule has 0 saturated carbocycles. The molecule has 1 saturated heterocycles. The van der Waals surface area contributed by atoms with Crippen LogP contribution in [-0.4, -0.2) is 11.0 Å². The van der Waals surface area contributed by atoms with Crippen LogP contribution in [0.4, 0.5) is 0 Å². The molecule has 2 nitrogen and oxygen atoms in total. The maximum Gasteiger partial charge on any atom is 0.166 e. The molecule has 1 fully saturated rings. The van der Waals surface area contributed by atoms with Crippen molar-refractivity contribution < 1.29 is 9.59 Å². The Kier molecular flexibility index (Phi) is 2.74. The van der Waals surface area contributed by atoms with E-state index in [0.29, 0.717) is 12.8 Å². The summed E-state index contributed by atoms with van der Waals surface area (Å²) in [5.41, 5.74) is 0.282. The molecule has 0 unspecified atom stereocenters. The van der Waals surface area contributed by atoms with Gasteiger partial charge in [-0.3, -0.25) is 9.59 Å². The van der Waals surface area contributed by atoms with E-state index in [1.54, 1.807) is 0 Å². The van der Waals surface area contributed by atoms with E-state index in [4.69, 9.17) is 0 Å². The Hall–Kier alpha value is -1.01. The van der Waals surface area contributed by atoms with Gasteiger partial charge in [0.2, 0.25) is 0 Å². The largest absolute Gasteiger partial charge is 0.294 e. The first-order valence-corrected chi connectivity index (χ1v) is 6.04. The van der Waals surface area contributed by atoms with Gasteiger partial charge in [0.1, 0.15) is 0 Å². The van der Waals surface area contributed by atoms with Crippen LogP contribution in [0.25, 0.3) is 0 Å². The Bertz CT molecular complexity index is 343. The number of hydrogen-bond acceptors (Lipinski definition) is 2. The van der Waals surface area contributed by atoms with Gasteiger partial charge in [0.25, 0.3) is 0 Å². The minimum Gasteiger partial charge on any atom is -0.294 e. The van der Waals surface area contributed by atoms with E-state index in [-0.39, 0.29) is 11.0 Å². The van der Waals surface area contributed by atoms with Crippen molar-refractivity contribution in [1.29, 1.82) is 0 Å². The van der Waals surface area contributed by atoms with Crippen LogP contribution in [0.5, 0.6) is 0 Å². The molecule has 0 bridgehead atoms. The monoisotopic (exact) mass is 206 g/mol. The van der Waals surface area contributed by atoms with Crippen LogP contribution in [0.2, 0.25) is 0 Å². The lowest BCUT2D eigenvalue weighted by Gasteiger charge is -2.19. The van der Waals surface area contributed by atoms with Crippen molar-refractivity contribution in [3.05, 3.63) is 30.3 Å². The molecule has 3 heteroatoms. The van der Waals surface area contributed by atoms with Gasteiger partial charge in [-0.25, -0.2) is 0 Å². The average molecular weight is 206 g/mol. The van der Waals surface area contributed by atoms with Crippen molar-refractivity contribution in [3.63, 3.8) is 0 Å². The van der Waals surface area contributed by atoms with Gasteiger partial charge < -0.3 is 0 Å². The number of rotatable bonds is 1. The van der Waals surface area contributed by atoms with Gasteiger partial charge in [-0.15, -0.1) is 0 Å². The van der Waals surface area contributed by atoms with E-state index < -0.39 is 7.92 Å². The highest BCUT2D eigenvalue weighted by Crippen LogP contribution is 2.43.